The fraction of sp³-hybridized carbons (Fsp3) is 0.458. The lowest BCUT2D eigenvalue weighted by atomic mass is 9.71. The molecule has 5 rings (SSSR count). The maximum absolute atomic E-state index is 12.8. The molecule has 32 heavy (non-hydrogen) atoms. The molecule has 2 aromatic rings. The van der Waals surface area contributed by atoms with Crippen LogP contribution in [0, 0.1) is 5.41 Å². The van der Waals surface area contributed by atoms with Crippen LogP contribution in [0.4, 0.5) is 5.82 Å². The molecular weight excluding hydrogens is 424 g/mol. The van der Waals surface area contributed by atoms with Gasteiger partial charge in [-0.05, 0) is 74.1 Å². The Morgan fingerprint density at radius 2 is 2.19 bits per heavy atom. The Balaban J connectivity index is 1.17. The molecule has 3 aliphatic rings. The molecule has 0 atom stereocenters. The van der Waals surface area contributed by atoms with Crippen LogP contribution in [0.3, 0.4) is 0 Å². The number of aromatic nitrogens is 1. The Labute approximate surface area is 192 Å². The van der Waals surface area contributed by atoms with Crippen molar-refractivity contribution in [2.75, 3.05) is 38.5 Å². The lowest BCUT2D eigenvalue weighted by Crippen LogP contribution is -2.54. The molecule has 2 amide bonds. The summed E-state index contributed by atoms with van der Waals surface area (Å²) in [4.78, 5) is 34.9. The molecule has 1 spiro atoms. The molecule has 7 nitrogen and oxygen atoms in total. The number of amides is 2. The van der Waals surface area contributed by atoms with Gasteiger partial charge in [0, 0.05) is 30.2 Å². The molecule has 2 fully saturated rings. The summed E-state index contributed by atoms with van der Waals surface area (Å²) in [5, 5.41) is 5.05. The van der Waals surface area contributed by atoms with E-state index in [-0.39, 0.29) is 23.3 Å². The third-order valence-corrected chi connectivity index (χ3v) is 7.64. The van der Waals surface area contributed by atoms with E-state index in [4.69, 9.17) is 4.74 Å². The van der Waals surface area contributed by atoms with Gasteiger partial charge in [-0.3, -0.25) is 9.59 Å². The first-order valence-corrected chi connectivity index (χ1v) is 12.0. The van der Waals surface area contributed by atoms with Crippen molar-refractivity contribution in [2.45, 2.75) is 32.0 Å². The van der Waals surface area contributed by atoms with Gasteiger partial charge in [-0.2, -0.15) is 0 Å². The van der Waals surface area contributed by atoms with Gasteiger partial charge in [-0.25, -0.2) is 4.98 Å². The molecule has 0 bridgehead atoms. The van der Waals surface area contributed by atoms with Crippen LogP contribution in [-0.4, -0.2) is 65.9 Å². The smallest absolute Gasteiger partial charge is 0.246 e. The quantitative estimate of drug-likeness (QED) is 0.706. The van der Waals surface area contributed by atoms with Crippen molar-refractivity contribution in [2.24, 2.45) is 5.41 Å². The van der Waals surface area contributed by atoms with Crippen molar-refractivity contribution in [3.8, 4) is 0 Å². The summed E-state index contributed by atoms with van der Waals surface area (Å²) < 4.78 is 5.84. The molecule has 2 aromatic heterocycles. The second-order valence-corrected chi connectivity index (χ2v) is 10.1. The average molecular weight is 453 g/mol. The number of ether oxygens (including phenoxy) is 1. The normalized spacial score (nSPS) is 20.9. The number of nitrogens with one attached hydrogen (secondary N) is 1. The number of pyridine rings is 1. The summed E-state index contributed by atoms with van der Waals surface area (Å²) in [6.45, 7) is 3.71. The summed E-state index contributed by atoms with van der Waals surface area (Å²) in [5.74, 6) is 0.730. The molecule has 0 aromatic carbocycles. The van der Waals surface area contributed by atoms with Crippen LogP contribution in [0.1, 0.15) is 28.8 Å². The largest absolute Gasteiger partial charge is 0.369 e. The van der Waals surface area contributed by atoms with Crippen LogP contribution in [-0.2, 0) is 27.4 Å². The lowest BCUT2D eigenvalue weighted by Gasteiger charge is -2.42. The number of nitrogens with zero attached hydrogens (tertiary/aromatic N) is 3. The average Bonchev–Trinajstić information content (AvgIpc) is 3.27. The lowest BCUT2D eigenvalue weighted by molar-refractivity contribution is -0.140. The third kappa shape index (κ3) is 4.35. The van der Waals surface area contributed by atoms with Crippen LogP contribution in [0.15, 0.2) is 35.9 Å². The van der Waals surface area contributed by atoms with Gasteiger partial charge in [0.05, 0.1) is 18.1 Å². The first kappa shape index (κ1) is 21.3. The topological polar surface area (TPSA) is 74.8 Å². The van der Waals surface area contributed by atoms with Crippen LogP contribution in [0.2, 0.25) is 0 Å². The number of carbonyl (C=O) groups excluding carboxylic acids is 2. The Bertz CT molecular complexity index is 1020. The molecule has 0 aliphatic carbocycles. The molecule has 1 N–H and O–H groups in total. The zero-order chi connectivity index (χ0) is 22.1. The van der Waals surface area contributed by atoms with Crippen molar-refractivity contribution in [1.82, 2.24) is 14.8 Å². The maximum Gasteiger partial charge on any atom is 0.246 e. The highest BCUT2D eigenvalue weighted by atomic mass is 32.1. The van der Waals surface area contributed by atoms with Gasteiger partial charge in [-0.15, -0.1) is 11.3 Å². The fourth-order valence-corrected chi connectivity index (χ4v) is 5.22. The monoisotopic (exact) mass is 452 g/mol. The molecule has 0 radical (unpaired) electrons. The van der Waals surface area contributed by atoms with Gasteiger partial charge in [-0.1, -0.05) is 6.07 Å². The zero-order valence-electron chi connectivity index (χ0n) is 18.3. The van der Waals surface area contributed by atoms with E-state index in [0.717, 1.165) is 37.1 Å². The van der Waals surface area contributed by atoms with E-state index in [1.807, 2.05) is 17.5 Å². The molecule has 5 heterocycles. The van der Waals surface area contributed by atoms with Crippen LogP contribution in [0.25, 0.3) is 6.08 Å². The summed E-state index contributed by atoms with van der Waals surface area (Å²) in [5.41, 5.74) is 1.59. The highest BCUT2D eigenvalue weighted by Crippen LogP contribution is 2.40. The van der Waals surface area contributed by atoms with Gasteiger partial charge >= 0.3 is 0 Å². The number of hydrogen-bond donors (Lipinski definition) is 1. The summed E-state index contributed by atoms with van der Waals surface area (Å²) >= 11 is 1.68. The minimum absolute atomic E-state index is 0.0150. The first-order valence-electron chi connectivity index (χ1n) is 11.1. The Hall–Kier alpha value is -2.55. The number of carbonyl (C=O) groups is 2. The fourth-order valence-electron chi connectivity index (χ4n) is 4.59. The van der Waals surface area contributed by atoms with E-state index < -0.39 is 0 Å². The number of rotatable bonds is 5. The number of hydrogen-bond acceptors (Lipinski definition) is 6. The van der Waals surface area contributed by atoms with Gasteiger partial charge in [0.15, 0.2) is 0 Å². The Kier molecular flexibility index (Phi) is 5.84. The Morgan fingerprint density at radius 3 is 2.94 bits per heavy atom. The van der Waals surface area contributed by atoms with E-state index in [1.54, 1.807) is 28.5 Å². The third-order valence-electron chi connectivity index (χ3n) is 6.79. The molecule has 2 saturated heterocycles. The molecular formula is C24H28N4O3S. The predicted molar refractivity (Wildman–Crippen MR) is 124 cm³/mol. The second-order valence-electron chi connectivity index (χ2n) is 9.08. The van der Waals surface area contributed by atoms with Gasteiger partial charge in [0.25, 0.3) is 0 Å². The Morgan fingerprint density at radius 1 is 1.38 bits per heavy atom. The van der Waals surface area contributed by atoms with Gasteiger partial charge in [0.1, 0.15) is 5.82 Å². The molecule has 0 saturated carbocycles. The van der Waals surface area contributed by atoms with E-state index >= 15 is 0 Å². The van der Waals surface area contributed by atoms with Crippen LogP contribution < -0.4 is 5.32 Å². The summed E-state index contributed by atoms with van der Waals surface area (Å²) in [6.07, 6.45) is 7.65. The highest BCUT2D eigenvalue weighted by molar-refractivity contribution is 7.09. The van der Waals surface area contributed by atoms with Crippen LogP contribution >= 0.6 is 11.3 Å². The zero-order valence-corrected chi connectivity index (χ0v) is 19.1. The first-order chi connectivity index (χ1) is 15.5. The number of thiophene rings is 1. The summed E-state index contributed by atoms with van der Waals surface area (Å²) in [7, 11) is 2.10. The molecule has 0 unspecified atom stereocenters. The molecule has 168 valence electrons. The number of anilines is 1. The SMILES string of the molecule is CN1CCC2(CC1)Cc1cc(C=CC(=O)N3CC(OCc4cccs4)C3)cnc1NC2=O. The minimum Gasteiger partial charge on any atom is -0.369 e. The van der Waals surface area contributed by atoms with Crippen molar-refractivity contribution < 1.29 is 14.3 Å². The van der Waals surface area contributed by atoms with Crippen molar-refractivity contribution in [3.05, 3.63) is 51.9 Å². The molecule has 3 aliphatic heterocycles. The van der Waals surface area contributed by atoms with E-state index in [1.165, 1.54) is 4.88 Å². The van der Waals surface area contributed by atoms with Crippen molar-refractivity contribution in [3.63, 3.8) is 0 Å². The number of fused-ring (bicyclic) bond motifs is 1. The standard InChI is InChI=1S/C24H28N4O3S/c1-27-8-6-24(7-9-27)12-18-11-17(13-25-22(18)26-23(24)30)4-5-21(29)28-14-19(15-28)31-16-20-3-2-10-32-20/h2-5,10-11,13,19H,6-9,12,14-16H2,1H3,(H,25,26,30). The second kappa shape index (κ2) is 8.77. The predicted octanol–water partition coefficient (Wildman–Crippen LogP) is 2.79. The molecule has 8 heteroatoms. The van der Waals surface area contributed by atoms with Crippen molar-refractivity contribution in [1.29, 1.82) is 0 Å². The van der Waals surface area contributed by atoms with E-state index in [0.29, 0.717) is 31.9 Å². The van der Waals surface area contributed by atoms with Crippen LogP contribution in [0.5, 0.6) is 0 Å². The van der Waals surface area contributed by atoms with Gasteiger partial charge in [0.2, 0.25) is 11.8 Å². The number of piperidine rings is 1. The number of likely N-dealkylation sites (tertiary alicyclic amines) is 2. The van der Waals surface area contributed by atoms with E-state index in [2.05, 4.69) is 34.4 Å². The van der Waals surface area contributed by atoms with E-state index in [9.17, 15) is 9.59 Å². The minimum atomic E-state index is -0.338. The highest BCUT2D eigenvalue weighted by Gasteiger charge is 2.44. The van der Waals surface area contributed by atoms with Gasteiger partial charge < -0.3 is 19.9 Å². The maximum atomic E-state index is 12.8. The van der Waals surface area contributed by atoms with Crippen molar-refractivity contribution >= 4 is 35.0 Å². The summed E-state index contributed by atoms with van der Waals surface area (Å²) in [6, 6.07) is 6.12.